The first-order valence-electron chi connectivity index (χ1n) is 6.87. The highest BCUT2D eigenvalue weighted by Crippen LogP contribution is 2.30. The average Bonchev–Trinajstić information content (AvgIpc) is 2.53. The highest BCUT2D eigenvalue weighted by Gasteiger charge is 2.12. The molecule has 0 bridgehead atoms. The number of carbonyl (C=O) groups is 1. The van der Waals surface area contributed by atoms with E-state index in [1.165, 1.54) is 10.8 Å². The lowest BCUT2D eigenvalue weighted by Gasteiger charge is -2.12. The first-order valence-corrected chi connectivity index (χ1v) is 9.03. The second-order valence-corrected chi connectivity index (χ2v) is 7.37. The summed E-state index contributed by atoms with van der Waals surface area (Å²) in [5.41, 5.74) is 1.36. The van der Waals surface area contributed by atoms with E-state index in [-0.39, 0.29) is 5.56 Å². The van der Waals surface area contributed by atoms with Crippen molar-refractivity contribution in [1.29, 1.82) is 0 Å². The Morgan fingerprint density at radius 2 is 1.61 bits per heavy atom. The molecule has 0 fully saturated rings. The van der Waals surface area contributed by atoms with Gasteiger partial charge in [-0.2, -0.15) is 0 Å². The maximum absolute atomic E-state index is 11.1. The maximum atomic E-state index is 11.1. The number of carboxylic acid groups (broad SMARTS) is 1. The maximum Gasteiger partial charge on any atom is 0.335 e. The molecule has 0 aromatic heterocycles. The smallest absolute Gasteiger partial charge is 0.335 e. The van der Waals surface area contributed by atoms with E-state index in [0.29, 0.717) is 6.61 Å². The molecule has 116 valence electrons. The van der Waals surface area contributed by atoms with E-state index in [1.807, 2.05) is 18.2 Å². The fraction of sp³-hybridized carbons (Fsp3) is 0.0556. The van der Waals surface area contributed by atoms with Crippen LogP contribution in [0.1, 0.15) is 15.9 Å². The van der Waals surface area contributed by atoms with Gasteiger partial charge in [-0.15, -0.1) is 0 Å². The standard InChI is InChI=1S/C18H12I2O3/c19-15-8-14(18(21)22)9-16(20)17(15)23-10-11-5-6-12-3-1-2-4-13(12)7-11/h1-9H,10H2,(H,21,22). The van der Waals surface area contributed by atoms with Crippen molar-refractivity contribution in [2.75, 3.05) is 0 Å². The normalized spacial score (nSPS) is 10.7. The van der Waals surface area contributed by atoms with Crippen LogP contribution in [0.4, 0.5) is 0 Å². The van der Waals surface area contributed by atoms with Gasteiger partial charge in [0, 0.05) is 0 Å². The van der Waals surface area contributed by atoms with E-state index < -0.39 is 5.97 Å². The molecule has 0 atom stereocenters. The van der Waals surface area contributed by atoms with Crippen LogP contribution in [-0.4, -0.2) is 11.1 Å². The summed E-state index contributed by atoms with van der Waals surface area (Å²) in [5, 5.41) is 11.5. The summed E-state index contributed by atoms with van der Waals surface area (Å²) in [5.74, 6) is -0.203. The second-order valence-electron chi connectivity index (χ2n) is 5.04. The van der Waals surface area contributed by atoms with Crippen molar-refractivity contribution in [1.82, 2.24) is 0 Å². The van der Waals surface area contributed by atoms with Gasteiger partial charge in [-0.05, 0) is 79.7 Å². The number of rotatable bonds is 4. The predicted octanol–water partition coefficient (Wildman–Crippen LogP) is 5.33. The van der Waals surface area contributed by atoms with E-state index >= 15 is 0 Å². The van der Waals surface area contributed by atoms with E-state index in [4.69, 9.17) is 9.84 Å². The van der Waals surface area contributed by atoms with Crippen molar-refractivity contribution >= 4 is 61.9 Å². The zero-order valence-electron chi connectivity index (χ0n) is 11.9. The molecule has 3 aromatic carbocycles. The Morgan fingerprint density at radius 3 is 2.26 bits per heavy atom. The van der Waals surface area contributed by atoms with Gasteiger partial charge in [0.1, 0.15) is 12.4 Å². The second kappa shape index (κ2) is 7.04. The van der Waals surface area contributed by atoms with Gasteiger partial charge in [-0.25, -0.2) is 4.79 Å². The van der Waals surface area contributed by atoms with E-state index in [9.17, 15) is 4.79 Å². The summed E-state index contributed by atoms with van der Waals surface area (Å²) < 4.78 is 7.53. The Balaban J connectivity index is 1.83. The average molecular weight is 530 g/mol. The van der Waals surface area contributed by atoms with Crippen LogP contribution in [0.25, 0.3) is 10.8 Å². The molecule has 0 saturated carbocycles. The van der Waals surface area contributed by atoms with Crippen LogP contribution in [0.3, 0.4) is 0 Å². The molecule has 0 amide bonds. The highest BCUT2D eigenvalue weighted by molar-refractivity contribution is 14.1. The number of benzene rings is 3. The summed E-state index contributed by atoms with van der Waals surface area (Å²) in [4.78, 5) is 11.1. The summed E-state index contributed by atoms with van der Waals surface area (Å²) in [6.07, 6.45) is 0. The van der Waals surface area contributed by atoms with Gasteiger partial charge in [0.05, 0.1) is 12.7 Å². The Bertz CT molecular complexity index is 867. The Hall–Kier alpha value is -1.35. The van der Waals surface area contributed by atoms with Crippen molar-refractivity contribution in [2.45, 2.75) is 6.61 Å². The van der Waals surface area contributed by atoms with Gasteiger partial charge in [-0.1, -0.05) is 36.4 Å². The number of ether oxygens (including phenoxy) is 1. The fourth-order valence-electron chi connectivity index (χ4n) is 2.31. The number of carboxylic acids is 1. The van der Waals surface area contributed by atoms with Gasteiger partial charge in [0.15, 0.2) is 0 Å². The third-order valence-corrected chi connectivity index (χ3v) is 5.04. The van der Waals surface area contributed by atoms with Gasteiger partial charge >= 0.3 is 5.97 Å². The van der Waals surface area contributed by atoms with Crippen LogP contribution in [0.15, 0.2) is 54.6 Å². The minimum absolute atomic E-state index is 0.275. The first-order chi connectivity index (χ1) is 11.0. The molecule has 0 heterocycles. The third kappa shape index (κ3) is 3.77. The Morgan fingerprint density at radius 1 is 0.957 bits per heavy atom. The van der Waals surface area contributed by atoms with Crippen LogP contribution in [0.2, 0.25) is 0 Å². The van der Waals surface area contributed by atoms with Gasteiger partial charge in [0.2, 0.25) is 0 Å². The molecule has 0 spiro atoms. The number of aromatic carboxylic acids is 1. The van der Waals surface area contributed by atoms with Crippen LogP contribution in [0, 0.1) is 7.14 Å². The summed E-state index contributed by atoms with van der Waals surface area (Å²) in [7, 11) is 0. The van der Waals surface area contributed by atoms with Gasteiger partial charge in [0.25, 0.3) is 0 Å². The topological polar surface area (TPSA) is 46.5 Å². The van der Waals surface area contributed by atoms with E-state index in [1.54, 1.807) is 12.1 Å². The molecule has 1 N–H and O–H groups in total. The molecule has 0 aliphatic heterocycles. The van der Waals surface area contributed by atoms with Crippen molar-refractivity contribution in [3.8, 4) is 5.75 Å². The van der Waals surface area contributed by atoms with E-state index in [0.717, 1.165) is 18.5 Å². The molecule has 0 aliphatic carbocycles. The third-order valence-electron chi connectivity index (χ3n) is 3.44. The molecule has 0 aliphatic rings. The Kier molecular flexibility index (Phi) is 5.05. The molecule has 0 saturated heterocycles. The molecular formula is C18H12I2O3. The first kappa shape index (κ1) is 16.5. The van der Waals surface area contributed by atoms with Gasteiger partial charge in [-0.3, -0.25) is 0 Å². The Labute approximate surface area is 160 Å². The van der Waals surface area contributed by atoms with Crippen LogP contribution in [0.5, 0.6) is 5.75 Å². The molecule has 3 nitrogen and oxygen atoms in total. The van der Waals surface area contributed by atoms with Crippen molar-refractivity contribution in [2.24, 2.45) is 0 Å². The van der Waals surface area contributed by atoms with Crippen LogP contribution >= 0.6 is 45.2 Å². The van der Waals surface area contributed by atoms with Crippen LogP contribution in [-0.2, 0) is 6.61 Å². The van der Waals surface area contributed by atoms with Crippen LogP contribution < -0.4 is 4.74 Å². The summed E-state index contributed by atoms with van der Waals surface area (Å²) in [6.45, 7) is 0.448. The summed E-state index contributed by atoms with van der Waals surface area (Å²) in [6, 6.07) is 17.7. The highest BCUT2D eigenvalue weighted by atomic mass is 127. The minimum atomic E-state index is -0.929. The molecule has 0 radical (unpaired) electrons. The zero-order valence-corrected chi connectivity index (χ0v) is 16.2. The van der Waals surface area contributed by atoms with Crippen molar-refractivity contribution in [3.05, 3.63) is 72.9 Å². The lowest BCUT2D eigenvalue weighted by molar-refractivity contribution is 0.0696. The van der Waals surface area contributed by atoms with Crippen molar-refractivity contribution in [3.63, 3.8) is 0 Å². The predicted molar refractivity (Wildman–Crippen MR) is 107 cm³/mol. The SMILES string of the molecule is O=C(O)c1cc(I)c(OCc2ccc3ccccc3c2)c(I)c1. The molecule has 3 aromatic rings. The molecular weight excluding hydrogens is 518 g/mol. The molecule has 5 heteroatoms. The lowest BCUT2D eigenvalue weighted by atomic mass is 10.1. The monoisotopic (exact) mass is 530 g/mol. The number of hydrogen-bond donors (Lipinski definition) is 1. The number of halogens is 2. The molecule has 23 heavy (non-hydrogen) atoms. The number of fused-ring (bicyclic) bond motifs is 1. The minimum Gasteiger partial charge on any atom is -0.487 e. The fourth-order valence-corrected chi connectivity index (χ4v) is 4.38. The zero-order chi connectivity index (χ0) is 16.4. The van der Waals surface area contributed by atoms with Crippen molar-refractivity contribution < 1.29 is 14.6 Å². The number of hydrogen-bond acceptors (Lipinski definition) is 2. The van der Waals surface area contributed by atoms with E-state index in [2.05, 4.69) is 69.4 Å². The lowest BCUT2D eigenvalue weighted by Crippen LogP contribution is -2.03. The molecule has 3 rings (SSSR count). The quantitative estimate of drug-likeness (QED) is 0.465. The van der Waals surface area contributed by atoms with Gasteiger partial charge < -0.3 is 9.84 Å². The molecule has 0 unspecified atom stereocenters. The summed E-state index contributed by atoms with van der Waals surface area (Å²) >= 11 is 4.22. The largest absolute Gasteiger partial charge is 0.487 e.